The monoisotopic (exact) mass is 391 g/mol. The second kappa shape index (κ2) is 7.40. The summed E-state index contributed by atoms with van der Waals surface area (Å²) in [6.45, 7) is 0.697. The van der Waals surface area contributed by atoms with Crippen LogP contribution in [0.15, 0.2) is 42.5 Å². The van der Waals surface area contributed by atoms with E-state index in [0.29, 0.717) is 36.6 Å². The summed E-state index contributed by atoms with van der Waals surface area (Å²) >= 11 is 0. The largest absolute Gasteiger partial charge is 0.416 e. The van der Waals surface area contributed by atoms with Crippen LogP contribution in [0.4, 0.5) is 32.0 Å². The van der Waals surface area contributed by atoms with E-state index in [9.17, 15) is 26.3 Å². The Hall–Kier alpha value is -2.26. The lowest BCUT2D eigenvalue weighted by Gasteiger charge is -2.15. The van der Waals surface area contributed by atoms with Crippen LogP contribution in [-0.2, 0) is 28.4 Å². The van der Waals surface area contributed by atoms with E-state index in [0.717, 1.165) is 0 Å². The second-order valence-corrected chi connectivity index (χ2v) is 5.97. The van der Waals surface area contributed by atoms with E-state index in [4.69, 9.17) is 9.47 Å². The van der Waals surface area contributed by atoms with E-state index >= 15 is 0 Å². The zero-order valence-electron chi connectivity index (χ0n) is 13.8. The molecule has 0 radical (unpaired) electrons. The number of rotatable bonds is 4. The van der Waals surface area contributed by atoms with Gasteiger partial charge in [-0.2, -0.15) is 26.3 Å². The molecule has 0 atom stereocenters. The third-order valence-electron chi connectivity index (χ3n) is 3.92. The molecule has 9 heteroatoms. The Morgan fingerprint density at radius 2 is 1.44 bits per heavy atom. The molecule has 1 aliphatic heterocycles. The maximum absolute atomic E-state index is 12.9. The Morgan fingerprint density at radius 3 is 2.00 bits per heavy atom. The summed E-state index contributed by atoms with van der Waals surface area (Å²) < 4.78 is 88.2. The fourth-order valence-corrected chi connectivity index (χ4v) is 2.67. The standard InChI is InChI=1S/C18H15F6NO2/c19-17(20,21)13-6-11(7-14(9-13)18(22,23)24)10-25-15-3-1-2-12(8-15)16-26-4-5-27-16/h1-3,6-9,16,25H,4-5,10H2. The van der Waals surface area contributed by atoms with Crippen molar-refractivity contribution in [2.24, 2.45) is 0 Å². The lowest BCUT2D eigenvalue weighted by molar-refractivity contribution is -0.143. The zero-order valence-corrected chi connectivity index (χ0v) is 13.8. The van der Waals surface area contributed by atoms with Gasteiger partial charge < -0.3 is 14.8 Å². The van der Waals surface area contributed by atoms with Crippen molar-refractivity contribution in [3.8, 4) is 0 Å². The smallest absolute Gasteiger partial charge is 0.381 e. The van der Waals surface area contributed by atoms with E-state index in [1.807, 2.05) is 0 Å². The lowest BCUT2D eigenvalue weighted by atomic mass is 10.0. The predicted octanol–water partition coefficient (Wildman–Crippen LogP) is 5.38. The van der Waals surface area contributed by atoms with Crippen molar-refractivity contribution in [3.05, 3.63) is 64.7 Å². The molecule has 1 heterocycles. The minimum absolute atomic E-state index is 0.110. The van der Waals surface area contributed by atoms with E-state index in [1.165, 1.54) is 0 Å². The topological polar surface area (TPSA) is 30.5 Å². The number of nitrogens with one attached hydrogen (secondary N) is 1. The van der Waals surface area contributed by atoms with Gasteiger partial charge in [-0.25, -0.2) is 0 Å². The first-order chi connectivity index (χ1) is 12.6. The van der Waals surface area contributed by atoms with Gasteiger partial charge in [-0.05, 0) is 35.9 Å². The van der Waals surface area contributed by atoms with Crippen LogP contribution in [0.5, 0.6) is 0 Å². The number of hydrogen-bond acceptors (Lipinski definition) is 3. The first kappa shape index (κ1) is 19.5. The molecule has 1 fully saturated rings. The molecular weight excluding hydrogens is 376 g/mol. The molecule has 1 aliphatic rings. The van der Waals surface area contributed by atoms with Crippen molar-refractivity contribution in [1.82, 2.24) is 0 Å². The molecule has 0 unspecified atom stereocenters. The Labute approximate surface area is 150 Å². The predicted molar refractivity (Wildman–Crippen MR) is 84.9 cm³/mol. The SMILES string of the molecule is FC(F)(F)c1cc(CNc2cccc(C3OCCO3)c2)cc(C(F)(F)F)c1. The molecule has 146 valence electrons. The zero-order chi connectivity index (χ0) is 19.7. The van der Waals surface area contributed by atoms with Gasteiger partial charge in [0, 0.05) is 17.8 Å². The second-order valence-electron chi connectivity index (χ2n) is 5.97. The minimum atomic E-state index is -4.87. The highest BCUT2D eigenvalue weighted by atomic mass is 19.4. The summed E-state index contributed by atoms with van der Waals surface area (Å²) in [5.41, 5.74) is -1.57. The summed E-state index contributed by atoms with van der Waals surface area (Å²) in [5, 5.41) is 2.84. The quantitative estimate of drug-likeness (QED) is 0.710. The van der Waals surface area contributed by atoms with Crippen molar-refractivity contribution in [1.29, 1.82) is 0 Å². The lowest BCUT2D eigenvalue weighted by Crippen LogP contribution is -2.13. The van der Waals surface area contributed by atoms with E-state index in [1.54, 1.807) is 24.3 Å². The van der Waals surface area contributed by atoms with Crippen LogP contribution in [0, 0.1) is 0 Å². The molecule has 3 rings (SSSR count). The molecular formula is C18H15F6NO2. The van der Waals surface area contributed by atoms with Crippen LogP contribution in [-0.4, -0.2) is 13.2 Å². The summed E-state index contributed by atoms with van der Waals surface area (Å²) in [6.07, 6.45) is -10.3. The summed E-state index contributed by atoms with van der Waals surface area (Å²) in [7, 11) is 0. The minimum Gasteiger partial charge on any atom is -0.381 e. The van der Waals surface area contributed by atoms with Gasteiger partial charge in [0.25, 0.3) is 0 Å². The summed E-state index contributed by atoms with van der Waals surface area (Å²) in [6, 6.07) is 8.29. The maximum atomic E-state index is 12.9. The normalized spacial score (nSPS) is 15.9. The van der Waals surface area contributed by atoms with Crippen molar-refractivity contribution in [2.45, 2.75) is 25.2 Å². The average molecular weight is 391 g/mol. The van der Waals surface area contributed by atoms with E-state index < -0.39 is 29.8 Å². The highest BCUT2D eigenvalue weighted by molar-refractivity contribution is 5.47. The molecule has 2 aromatic carbocycles. The van der Waals surface area contributed by atoms with Crippen molar-refractivity contribution >= 4 is 5.69 Å². The molecule has 0 aromatic heterocycles. The van der Waals surface area contributed by atoms with Gasteiger partial charge >= 0.3 is 12.4 Å². The molecule has 0 spiro atoms. The number of alkyl halides is 6. The number of hydrogen-bond donors (Lipinski definition) is 1. The molecule has 3 nitrogen and oxygen atoms in total. The molecule has 0 saturated carbocycles. The van der Waals surface area contributed by atoms with Crippen LogP contribution in [0.25, 0.3) is 0 Å². The van der Waals surface area contributed by atoms with Gasteiger partial charge in [0.15, 0.2) is 6.29 Å². The van der Waals surface area contributed by atoms with Crippen LogP contribution in [0.1, 0.15) is 28.5 Å². The summed E-state index contributed by atoms with van der Waals surface area (Å²) in [5.74, 6) is 0. The fourth-order valence-electron chi connectivity index (χ4n) is 2.67. The Balaban J connectivity index is 1.80. The number of ether oxygens (including phenoxy) is 2. The Morgan fingerprint density at radius 1 is 0.852 bits per heavy atom. The van der Waals surface area contributed by atoms with Crippen LogP contribution in [0.3, 0.4) is 0 Å². The van der Waals surface area contributed by atoms with E-state index in [2.05, 4.69) is 5.32 Å². The molecule has 2 aromatic rings. The molecule has 1 saturated heterocycles. The third kappa shape index (κ3) is 4.92. The van der Waals surface area contributed by atoms with Crippen molar-refractivity contribution in [2.75, 3.05) is 18.5 Å². The highest BCUT2D eigenvalue weighted by Crippen LogP contribution is 2.36. The van der Waals surface area contributed by atoms with Gasteiger partial charge in [0.05, 0.1) is 24.3 Å². The van der Waals surface area contributed by atoms with Crippen LogP contribution in [0.2, 0.25) is 0 Å². The third-order valence-corrected chi connectivity index (χ3v) is 3.92. The van der Waals surface area contributed by atoms with Gasteiger partial charge in [-0.3, -0.25) is 0 Å². The van der Waals surface area contributed by atoms with Gasteiger partial charge in [0.2, 0.25) is 0 Å². The van der Waals surface area contributed by atoms with Crippen molar-refractivity contribution in [3.63, 3.8) is 0 Å². The van der Waals surface area contributed by atoms with Crippen LogP contribution < -0.4 is 5.32 Å². The van der Waals surface area contributed by atoms with Gasteiger partial charge in [-0.1, -0.05) is 12.1 Å². The molecule has 0 aliphatic carbocycles. The van der Waals surface area contributed by atoms with E-state index in [-0.39, 0.29) is 18.2 Å². The fraction of sp³-hybridized carbons (Fsp3) is 0.333. The molecule has 0 amide bonds. The highest BCUT2D eigenvalue weighted by Gasteiger charge is 2.36. The first-order valence-corrected chi connectivity index (χ1v) is 7.98. The Kier molecular flexibility index (Phi) is 5.34. The average Bonchev–Trinajstić information content (AvgIpc) is 3.13. The first-order valence-electron chi connectivity index (χ1n) is 7.98. The van der Waals surface area contributed by atoms with Crippen molar-refractivity contribution < 1.29 is 35.8 Å². The molecule has 0 bridgehead atoms. The maximum Gasteiger partial charge on any atom is 0.416 e. The number of halogens is 6. The molecule has 1 N–H and O–H groups in total. The van der Waals surface area contributed by atoms with Gasteiger partial charge in [0.1, 0.15) is 0 Å². The van der Waals surface area contributed by atoms with Crippen LogP contribution >= 0.6 is 0 Å². The Bertz CT molecular complexity index is 765. The van der Waals surface area contributed by atoms with Gasteiger partial charge in [-0.15, -0.1) is 0 Å². The number of anilines is 1. The number of benzene rings is 2. The summed E-state index contributed by atoms with van der Waals surface area (Å²) in [4.78, 5) is 0. The molecule has 27 heavy (non-hydrogen) atoms.